The van der Waals surface area contributed by atoms with Crippen LogP contribution in [-0.4, -0.2) is 12.1 Å². The number of benzene rings is 2. The van der Waals surface area contributed by atoms with Crippen LogP contribution in [0.2, 0.25) is 0 Å². The Bertz CT molecular complexity index is 1000. The number of rotatable bonds is 0. The number of hydrogen-bond donors (Lipinski definition) is 0. The van der Waals surface area contributed by atoms with E-state index in [1.165, 1.54) is 40.1 Å². The molecular formula is C23H24O2. The maximum Gasteiger partial charge on any atom is 0.106 e. The minimum Gasteiger partial charge on any atom is -0.497 e. The van der Waals surface area contributed by atoms with E-state index in [0.29, 0.717) is 0 Å². The van der Waals surface area contributed by atoms with E-state index in [4.69, 9.17) is 4.74 Å². The largest absolute Gasteiger partial charge is 0.497 e. The summed E-state index contributed by atoms with van der Waals surface area (Å²) in [5.41, 5.74) is 3.17. The van der Waals surface area contributed by atoms with Crippen molar-refractivity contribution in [3.63, 3.8) is 0 Å². The average Bonchev–Trinajstić information content (AvgIpc) is 2.69. The first-order chi connectivity index (χ1) is 11.9. The molecule has 2 aromatic carbocycles. The van der Waals surface area contributed by atoms with E-state index in [-0.39, 0.29) is 5.48 Å². The molecule has 2 aromatic rings. The first-order valence-electron chi connectivity index (χ1n) is 8.77. The van der Waals surface area contributed by atoms with Gasteiger partial charge in [-0.3, -0.25) is 0 Å². The van der Waals surface area contributed by atoms with E-state index in [2.05, 4.69) is 48.6 Å². The van der Waals surface area contributed by atoms with Crippen molar-refractivity contribution in [3.05, 3.63) is 92.9 Å². The quantitative estimate of drug-likeness (QED) is 0.731. The maximum atomic E-state index is 4.80. The lowest BCUT2D eigenvalue weighted by atomic mass is 9.89. The van der Waals surface area contributed by atoms with Gasteiger partial charge in [-0.1, -0.05) is 54.6 Å². The van der Waals surface area contributed by atoms with Gasteiger partial charge < -0.3 is 10.2 Å². The van der Waals surface area contributed by atoms with Gasteiger partial charge in [0.15, 0.2) is 0 Å². The third-order valence-electron chi connectivity index (χ3n) is 4.85. The van der Waals surface area contributed by atoms with E-state index in [0.717, 1.165) is 13.0 Å². The number of allylic oxidation sites excluding steroid dienone is 2. The van der Waals surface area contributed by atoms with Crippen LogP contribution in [0.15, 0.2) is 60.9 Å². The summed E-state index contributed by atoms with van der Waals surface area (Å²) in [6.07, 6.45) is 17.2. The summed E-state index contributed by atoms with van der Waals surface area (Å²) in [5, 5.41) is 5.74. The summed E-state index contributed by atoms with van der Waals surface area (Å²) < 4.78 is 4.80. The zero-order valence-electron chi connectivity index (χ0n) is 14.4. The fraction of sp³-hybridized carbons (Fsp3) is 0.217. The molecular weight excluding hydrogens is 308 g/mol. The number of hydrogen-bond acceptors (Lipinski definition) is 1. The number of ether oxygens (including phenoxy) is 1. The van der Waals surface area contributed by atoms with Gasteiger partial charge in [0, 0.05) is 0 Å². The van der Waals surface area contributed by atoms with Crippen molar-refractivity contribution < 1.29 is 10.2 Å². The van der Waals surface area contributed by atoms with Crippen LogP contribution < -0.4 is 10.4 Å². The summed E-state index contributed by atoms with van der Waals surface area (Å²) in [4.78, 5) is 0. The molecule has 2 aliphatic carbocycles. The van der Waals surface area contributed by atoms with Gasteiger partial charge in [-0.25, -0.2) is 0 Å². The van der Waals surface area contributed by atoms with E-state index in [1.54, 1.807) is 17.4 Å². The Balaban J connectivity index is 0.000000224. The van der Waals surface area contributed by atoms with Crippen LogP contribution in [0.1, 0.15) is 24.0 Å². The maximum absolute atomic E-state index is 4.80. The molecule has 0 unspecified atom stereocenters. The SMILES string of the molecule is C1=CCOC=C1.C1=c2ccc3c(c2CCC1)CC=c1ccccc1=3.O. The fourth-order valence-corrected chi connectivity index (χ4v) is 3.70. The highest BCUT2D eigenvalue weighted by atomic mass is 16.5. The molecule has 0 radical (unpaired) electrons. The highest BCUT2D eigenvalue weighted by molar-refractivity contribution is 5.47. The monoisotopic (exact) mass is 332 g/mol. The fourth-order valence-electron chi connectivity index (χ4n) is 3.70. The Morgan fingerprint density at radius 3 is 2.48 bits per heavy atom. The van der Waals surface area contributed by atoms with Crippen molar-refractivity contribution in [1.82, 2.24) is 0 Å². The summed E-state index contributed by atoms with van der Waals surface area (Å²) in [6, 6.07) is 13.4. The molecule has 0 saturated heterocycles. The van der Waals surface area contributed by atoms with E-state index in [1.807, 2.05) is 18.2 Å². The van der Waals surface area contributed by atoms with Crippen molar-refractivity contribution in [3.8, 4) is 0 Å². The van der Waals surface area contributed by atoms with Crippen LogP contribution in [0.5, 0.6) is 0 Å². The Morgan fingerprint density at radius 1 is 0.800 bits per heavy atom. The molecule has 2 N–H and O–H groups in total. The minimum atomic E-state index is 0. The normalized spacial score (nSPS) is 15.5. The zero-order valence-corrected chi connectivity index (χ0v) is 14.4. The van der Waals surface area contributed by atoms with E-state index < -0.39 is 0 Å². The molecule has 0 bridgehead atoms. The zero-order chi connectivity index (χ0) is 16.2. The van der Waals surface area contributed by atoms with E-state index >= 15 is 0 Å². The van der Waals surface area contributed by atoms with Crippen molar-refractivity contribution in [2.24, 2.45) is 0 Å². The van der Waals surface area contributed by atoms with E-state index in [9.17, 15) is 0 Å². The Kier molecular flexibility index (Phi) is 5.52. The molecule has 25 heavy (non-hydrogen) atoms. The van der Waals surface area contributed by atoms with Gasteiger partial charge in [0.2, 0.25) is 0 Å². The van der Waals surface area contributed by atoms with Gasteiger partial charge in [0.05, 0.1) is 6.26 Å². The molecule has 0 aromatic heterocycles. The molecule has 3 aliphatic rings. The highest BCUT2D eigenvalue weighted by Crippen LogP contribution is 2.17. The second-order valence-electron chi connectivity index (χ2n) is 6.34. The Morgan fingerprint density at radius 2 is 1.72 bits per heavy atom. The first-order valence-corrected chi connectivity index (χ1v) is 8.77. The minimum absolute atomic E-state index is 0. The lowest BCUT2D eigenvalue weighted by molar-refractivity contribution is 0.286. The molecule has 5 rings (SSSR count). The summed E-state index contributed by atoms with van der Waals surface area (Å²) in [5.74, 6) is 0. The van der Waals surface area contributed by atoms with Gasteiger partial charge in [-0.05, 0) is 69.8 Å². The van der Waals surface area contributed by atoms with Crippen molar-refractivity contribution in [2.45, 2.75) is 25.7 Å². The first kappa shape index (κ1) is 17.2. The predicted octanol–water partition coefficient (Wildman–Crippen LogP) is 2.69. The standard InChI is InChI=1S/C18H16.C5H6O.H2O/c1-3-7-15-13(5-1)9-11-18-16-8-4-2-6-14(16)10-12-17(15)18;1-2-4-6-5-3-1;/h1,3,5-7,9-10,12H,2,4,8,11H2;1-4H,5H2;1H2. The predicted molar refractivity (Wildman–Crippen MR) is 103 cm³/mol. The van der Waals surface area contributed by atoms with Crippen LogP contribution in [0.4, 0.5) is 0 Å². The second-order valence-corrected chi connectivity index (χ2v) is 6.34. The molecule has 128 valence electrons. The van der Waals surface area contributed by atoms with Crippen molar-refractivity contribution in [1.29, 1.82) is 0 Å². The lowest BCUT2D eigenvalue weighted by Crippen LogP contribution is -2.19. The topological polar surface area (TPSA) is 40.7 Å². The van der Waals surface area contributed by atoms with Gasteiger partial charge in [0.1, 0.15) is 6.61 Å². The molecule has 0 amide bonds. The average molecular weight is 332 g/mol. The van der Waals surface area contributed by atoms with Gasteiger partial charge in [0.25, 0.3) is 0 Å². The van der Waals surface area contributed by atoms with Crippen LogP contribution in [0, 0.1) is 10.4 Å². The highest BCUT2D eigenvalue weighted by Gasteiger charge is 2.10. The smallest absolute Gasteiger partial charge is 0.106 e. The summed E-state index contributed by atoms with van der Waals surface area (Å²) >= 11 is 0. The Hall–Kier alpha value is -2.58. The number of fused-ring (bicyclic) bond motifs is 4. The molecule has 0 atom stereocenters. The van der Waals surface area contributed by atoms with Gasteiger partial charge in [-0.15, -0.1) is 0 Å². The van der Waals surface area contributed by atoms with Gasteiger partial charge in [-0.2, -0.15) is 0 Å². The lowest BCUT2D eigenvalue weighted by Gasteiger charge is -2.16. The van der Waals surface area contributed by atoms with Crippen molar-refractivity contribution in [2.75, 3.05) is 6.61 Å². The molecule has 0 spiro atoms. The van der Waals surface area contributed by atoms with Crippen LogP contribution in [0.25, 0.3) is 12.2 Å². The Labute approximate surface area is 148 Å². The van der Waals surface area contributed by atoms with Crippen LogP contribution >= 0.6 is 0 Å². The van der Waals surface area contributed by atoms with Crippen LogP contribution in [-0.2, 0) is 17.6 Å². The molecule has 0 saturated carbocycles. The third-order valence-corrected chi connectivity index (χ3v) is 4.85. The molecule has 1 aliphatic heterocycles. The summed E-state index contributed by atoms with van der Waals surface area (Å²) in [7, 11) is 0. The van der Waals surface area contributed by atoms with Gasteiger partial charge >= 0.3 is 0 Å². The van der Waals surface area contributed by atoms with Crippen LogP contribution in [0.3, 0.4) is 0 Å². The molecule has 2 heteroatoms. The molecule has 2 nitrogen and oxygen atoms in total. The third kappa shape index (κ3) is 3.59. The second kappa shape index (κ2) is 8.00. The molecule has 0 fully saturated rings. The molecule has 1 heterocycles. The summed E-state index contributed by atoms with van der Waals surface area (Å²) in [6.45, 7) is 0.733. The van der Waals surface area contributed by atoms with Crippen molar-refractivity contribution >= 4 is 12.2 Å².